The third-order valence-corrected chi connectivity index (χ3v) is 3.32. The predicted molar refractivity (Wildman–Crippen MR) is 86.0 cm³/mol. The van der Waals surface area contributed by atoms with E-state index in [4.69, 9.17) is 4.74 Å². The quantitative estimate of drug-likeness (QED) is 0.780. The second-order valence-electron chi connectivity index (χ2n) is 4.77. The monoisotopic (exact) mass is 297 g/mol. The van der Waals surface area contributed by atoms with Gasteiger partial charge in [0.2, 0.25) is 0 Å². The fourth-order valence-corrected chi connectivity index (χ4v) is 2.20. The Bertz CT molecular complexity index is 774. The van der Waals surface area contributed by atoms with Crippen molar-refractivity contribution in [1.82, 2.24) is 9.97 Å². The van der Waals surface area contributed by atoms with Gasteiger partial charge in [0.1, 0.15) is 24.8 Å². The molecule has 0 amide bonds. The smallest absolute Gasteiger partial charge is 0.125 e. The summed E-state index contributed by atoms with van der Waals surface area (Å²) in [5.74, 6) is 1.47. The second-order valence-corrected chi connectivity index (χ2v) is 4.77. The van der Waals surface area contributed by atoms with Gasteiger partial charge in [-0.25, -0.2) is 14.4 Å². The third-order valence-electron chi connectivity index (χ3n) is 3.32. The van der Waals surface area contributed by atoms with Gasteiger partial charge in [-0.05, 0) is 36.4 Å². The highest BCUT2D eigenvalue weighted by molar-refractivity contribution is 5.82. The first-order chi connectivity index (χ1) is 10.8. The first-order valence-corrected chi connectivity index (χ1v) is 7.04. The SMILES string of the molecule is CNc1ccc(-c2ccc3cc(OCCF)ccc3n2)cn1. The van der Waals surface area contributed by atoms with Gasteiger partial charge < -0.3 is 10.1 Å². The molecule has 5 heteroatoms. The summed E-state index contributed by atoms with van der Waals surface area (Å²) in [6, 6.07) is 13.4. The molecule has 2 heterocycles. The zero-order valence-corrected chi connectivity index (χ0v) is 12.2. The fraction of sp³-hybridized carbons (Fsp3) is 0.176. The Morgan fingerprint density at radius 1 is 1.14 bits per heavy atom. The zero-order valence-electron chi connectivity index (χ0n) is 12.2. The van der Waals surface area contributed by atoms with Crippen molar-refractivity contribution < 1.29 is 9.13 Å². The Hall–Kier alpha value is -2.69. The van der Waals surface area contributed by atoms with E-state index in [1.54, 1.807) is 12.3 Å². The topological polar surface area (TPSA) is 47.0 Å². The number of halogens is 1. The van der Waals surface area contributed by atoms with Crippen molar-refractivity contribution >= 4 is 16.7 Å². The molecule has 1 N–H and O–H groups in total. The number of anilines is 1. The van der Waals surface area contributed by atoms with Crippen molar-refractivity contribution in [3.05, 3.63) is 48.7 Å². The van der Waals surface area contributed by atoms with E-state index in [1.807, 2.05) is 43.4 Å². The molecule has 4 nitrogen and oxygen atoms in total. The predicted octanol–water partition coefficient (Wildman–Crippen LogP) is 3.69. The molecule has 112 valence electrons. The van der Waals surface area contributed by atoms with Gasteiger partial charge in [-0.3, -0.25) is 0 Å². The van der Waals surface area contributed by atoms with E-state index < -0.39 is 6.67 Å². The zero-order chi connectivity index (χ0) is 15.4. The Labute approximate surface area is 128 Å². The van der Waals surface area contributed by atoms with Gasteiger partial charge in [0, 0.05) is 24.2 Å². The van der Waals surface area contributed by atoms with E-state index in [0.29, 0.717) is 5.75 Å². The van der Waals surface area contributed by atoms with Crippen LogP contribution in [0.25, 0.3) is 22.2 Å². The Morgan fingerprint density at radius 3 is 2.77 bits per heavy atom. The molecule has 0 saturated carbocycles. The molecule has 0 spiro atoms. The number of fused-ring (bicyclic) bond motifs is 1. The molecule has 3 aromatic rings. The number of rotatable bonds is 5. The normalized spacial score (nSPS) is 10.6. The average molecular weight is 297 g/mol. The van der Waals surface area contributed by atoms with Crippen LogP contribution in [0.3, 0.4) is 0 Å². The van der Waals surface area contributed by atoms with E-state index in [1.165, 1.54) is 0 Å². The number of pyridine rings is 2. The number of aromatic nitrogens is 2. The summed E-state index contributed by atoms with van der Waals surface area (Å²) in [6.45, 7) is -0.425. The minimum atomic E-state index is -0.495. The van der Waals surface area contributed by atoms with Crippen molar-refractivity contribution in [2.45, 2.75) is 0 Å². The standard InChI is InChI=1S/C17H16FN3O/c1-19-17-7-3-13(11-20-17)16-5-2-12-10-14(22-9-8-18)4-6-15(12)21-16/h2-7,10-11H,8-9H2,1H3,(H,19,20). The molecular formula is C17H16FN3O. The molecule has 0 aliphatic heterocycles. The molecule has 0 unspecified atom stereocenters. The number of hydrogen-bond acceptors (Lipinski definition) is 4. The number of alkyl halides is 1. The lowest BCUT2D eigenvalue weighted by atomic mass is 10.1. The lowest BCUT2D eigenvalue weighted by Gasteiger charge is -2.07. The van der Waals surface area contributed by atoms with Gasteiger partial charge in [0.25, 0.3) is 0 Å². The highest BCUT2D eigenvalue weighted by atomic mass is 19.1. The minimum Gasteiger partial charge on any atom is -0.491 e. The number of nitrogens with one attached hydrogen (secondary N) is 1. The van der Waals surface area contributed by atoms with Gasteiger partial charge in [-0.2, -0.15) is 0 Å². The summed E-state index contributed by atoms with van der Waals surface area (Å²) in [5.41, 5.74) is 2.68. The summed E-state index contributed by atoms with van der Waals surface area (Å²) in [4.78, 5) is 8.93. The van der Waals surface area contributed by atoms with Crippen LogP contribution in [0.4, 0.5) is 10.2 Å². The average Bonchev–Trinajstić information content (AvgIpc) is 2.59. The van der Waals surface area contributed by atoms with Crippen molar-refractivity contribution in [3.63, 3.8) is 0 Å². The van der Waals surface area contributed by atoms with Crippen molar-refractivity contribution in [2.24, 2.45) is 0 Å². The molecule has 0 saturated heterocycles. The summed E-state index contributed by atoms with van der Waals surface area (Å²) in [6.07, 6.45) is 1.79. The van der Waals surface area contributed by atoms with Gasteiger partial charge in [-0.1, -0.05) is 6.07 Å². The molecule has 0 radical (unpaired) electrons. The maximum absolute atomic E-state index is 12.1. The molecule has 0 atom stereocenters. The van der Waals surface area contributed by atoms with Crippen LogP contribution in [0, 0.1) is 0 Å². The fourth-order valence-electron chi connectivity index (χ4n) is 2.20. The van der Waals surface area contributed by atoms with E-state index in [-0.39, 0.29) is 6.61 Å². The molecule has 3 rings (SSSR count). The number of hydrogen-bond donors (Lipinski definition) is 1. The minimum absolute atomic E-state index is 0.0699. The van der Waals surface area contributed by atoms with Crippen molar-refractivity contribution in [2.75, 3.05) is 25.6 Å². The van der Waals surface area contributed by atoms with Gasteiger partial charge in [0.15, 0.2) is 0 Å². The molecule has 2 aromatic heterocycles. The maximum atomic E-state index is 12.1. The molecule has 22 heavy (non-hydrogen) atoms. The number of nitrogens with zero attached hydrogens (tertiary/aromatic N) is 2. The van der Waals surface area contributed by atoms with Gasteiger partial charge in [0.05, 0.1) is 11.2 Å². The third kappa shape index (κ3) is 2.98. The molecule has 0 bridgehead atoms. The first kappa shape index (κ1) is 14.3. The van der Waals surface area contributed by atoms with Crippen LogP contribution in [0.15, 0.2) is 48.7 Å². The van der Waals surface area contributed by atoms with Crippen LogP contribution in [-0.4, -0.2) is 30.3 Å². The van der Waals surface area contributed by atoms with Crippen LogP contribution >= 0.6 is 0 Å². The van der Waals surface area contributed by atoms with Crippen LogP contribution < -0.4 is 10.1 Å². The highest BCUT2D eigenvalue weighted by Crippen LogP contribution is 2.24. The van der Waals surface area contributed by atoms with Crippen molar-refractivity contribution in [1.29, 1.82) is 0 Å². The Balaban J connectivity index is 1.91. The largest absolute Gasteiger partial charge is 0.491 e. The molecule has 1 aromatic carbocycles. The number of ether oxygens (including phenoxy) is 1. The summed E-state index contributed by atoms with van der Waals surface area (Å²) >= 11 is 0. The van der Waals surface area contributed by atoms with Crippen molar-refractivity contribution in [3.8, 4) is 17.0 Å². The maximum Gasteiger partial charge on any atom is 0.125 e. The summed E-state index contributed by atoms with van der Waals surface area (Å²) in [5, 5.41) is 3.94. The Morgan fingerprint density at radius 2 is 2.05 bits per heavy atom. The molecule has 0 aliphatic carbocycles. The van der Waals surface area contributed by atoms with Gasteiger partial charge in [-0.15, -0.1) is 0 Å². The molecule has 0 fully saturated rings. The van der Waals surface area contributed by atoms with Crippen LogP contribution in [0.2, 0.25) is 0 Å². The van der Waals surface area contributed by atoms with E-state index in [2.05, 4.69) is 15.3 Å². The van der Waals surface area contributed by atoms with Crippen LogP contribution in [0.1, 0.15) is 0 Å². The second kappa shape index (κ2) is 6.39. The Kier molecular flexibility index (Phi) is 4.14. The summed E-state index contributed by atoms with van der Waals surface area (Å²) < 4.78 is 17.4. The summed E-state index contributed by atoms with van der Waals surface area (Å²) in [7, 11) is 1.83. The first-order valence-electron chi connectivity index (χ1n) is 7.04. The van der Waals surface area contributed by atoms with Crippen LogP contribution in [-0.2, 0) is 0 Å². The highest BCUT2D eigenvalue weighted by Gasteiger charge is 2.04. The van der Waals surface area contributed by atoms with E-state index >= 15 is 0 Å². The lowest BCUT2D eigenvalue weighted by Crippen LogP contribution is -1.98. The van der Waals surface area contributed by atoms with E-state index in [9.17, 15) is 4.39 Å². The van der Waals surface area contributed by atoms with Gasteiger partial charge >= 0.3 is 0 Å². The molecular weight excluding hydrogens is 281 g/mol. The number of benzene rings is 1. The van der Waals surface area contributed by atoms with E-state index in [0.717, 1.165) is 28.0 Å². The van der Waals surface area contributed by atoms with Crippen LogP contribution in [0.5, 0.6) is 5.75 Å². The lowest BCUT2D eigenvalue weighted by molar-refractivity contribution is 0.273. The molecule has 0 aliphatic rings.